The number of benzene rings is 1. The summed E-state index contributed by atoms with van der Waals surface area (Å²) in [6, 6.07) is 8.37. The first-order chi connectivity index (χ1) is 10.3. The first-order valence-corrected chi connectivity index (χ1v) is 7.64. The molecular weight excluding hydrogens is 254 g/mol. The lowest BCUT2D eigenvalue weighted by molar-refractivity contribution is 0.670. The second-order valence-electron chi connectivity index (χ2n) is 5.53. The van der Waals surface area contributed by atoms with Crippen molar-refractivity contribution in [3.05, 3.63) is 83.7 Å². The molecule has 1 aromatic carbocycles. The van der Waals surface area contributed by atoms with Crippen LogP contribution < -0.4 is 5.32 Å². The molecule has 0 unspecified atom stereocenters. The molecule has 0 bridgehead atoms. The average Bonchev–Trinajstić information content (AvgIpc) is 2.60. The third kappa shape index (κ3) is 3.43. The number of rotatable bonds is 2. The Hall–Kier alpha value is -2.28. The Kier molecular flexibility index (Phi) is 4.20. The van der Waals surface area contributed by atoms with Gasteiger partial charge in [0.15, 0.2) is 0 Å². The van der Waals surface area contributed by atoms with Gasteiger partial charge in [0.2, 0.25) is 0 Å². The Labute approximate surface area is 127 Å². The predicted octanol–water partition coefficient (Wildman–Crippen LogP) is 5.21. The molecular formula is C20H21N. The summed E-state index contributed by atoms with van der Waals surface area (Å²) >= 11 is 0. The minimum Gasteiger partial charge on any atom is -0.359 e. The van der Waals surface area contributed by atoms with E-state index >= 15 is 0 Å². The Bertz CT molecular complexity index is 656. The highest BCUT2D eigenvalue weighted by molar-refractivity contribution is 5.79. The monoisotopic (exact) mass is 275 g/mol. The van der Waals surface area contributed by atoms with Gasteiger partial charge >= 0.3 is 0 Å². The van der Waals surface area contributed by atoms with Crippen LogP contribution in [0.1, 0.15) is 36.8 Å². The lowest BCUT2D eigenvalue weighted by atomic mass is 10.0. The zero-order valence-electron chi connectivity index (χ0n) is 12.3. The second kappa shape index (κ2) is 6.45. The van der Waals surface area contributed by atoms with Crippen molar-refractivity contribution in [1.29, 1.82) is 0 Å². The smallest absolute Gasteiger partial charge is 0.0381 e. The molecule has 2 aliphatic carbocycles. The zero-order chi connectivity index (χ0) is 14.5. The summed E-state index contributed by atoms with van der Waals surface area (Å²) in [5.41, 5.74) is 5.90. The Morgan fingerprint density at radius 1 is 1.00 bits per heavy atom. The summed E-state index contributed by atoms with van der Waals surface area (Å²) in [4.78, 5) is 0. The number of hydrogen-bond donors (Lipinski definition) is 1. The molecule has 1 aromatic rings. The first-order valence-electron chi connectivity index (χ1n) is 7.64. The first kappa shape index (κ1) is 13.7. The highest BCUT2D eigenvalue weighted by Crippen LogP contribution is 2.23. The minimum absolute atomic E-state index is 1.04. The van der Waals surface area contributed by atoms with E-state index in [0.717, 1.165) is 17.7 Å². The van der Waals surface area contributed by atoms with Gasteiger partial charge in [-0.1, -0.05) is 55.1 Å². The summed E-state index contributed by atoms with van der Waals surface area (Å²) in [6.45, 7) is 4.19. The number of allylic oxidation sites excluding steroid dienone is 7. The molecule has 0 aromatic heterocycles. The van der Waals surface area contributed by atoms with E-state index in [0.29, 0.717) is 0 Å². The molecule has 1 nitrogen and oxygen atoms in total. The van der Waals surface area contributed by atoms with Gasteiger partial charge in [0.25, 0.3) is 0 Å². The molecule has 0 saturated carbocycles. The van der Waals surface area contributed by atoms with Crippen molar-refractivity contribution in [1.82, 2.24) is 5.32 Å². The van der Waals surface area contributed by atoms with E-state index in [1.54, 1.807) is 0 Å². The van der Waals surface area contributed by atoms with Crippen molar-refractivity contribution in [2.45, 2.75) is 25.7 Å². The second-order valence-corrected chi connectivity index (χ2v) is 5.53. The van der Waals surface area contributed by atoms with E-state index in [1.165, 1.54) is 36.1 Å². The van der Waals surface area contributed by atoms with E-state index in [-0.39, 0.29) is 0 Å². The molecule has 0 fully saturated rings. The van der Waals surface area contributed by atoms with E-state index in [9.17, 15) is 0 Å². The molecule has 0 aliphatic heterocycles. The minimum atomic E-state index is 1.04. The summed E-state index contributed by atoms with van der Waals surface area (Å²) in [6.07, 6.45) is 17.8. The van der Waals surface area contributed by atoms with Gasteiger partial charge in [-0.25, -0.2) is 0 Å². The van der Waals surface area contributed by atoms with Crippen LogP contribution in [0.15, 0.2) is 72.6 Å². The van der Waals surface area contributed by atoms with E-state index in [1.807, 2.05) is 0 Å². The molecule has 1 heteroatoms. The molecule has 0 radical (unpaired) electrons. The highest BCUT2D eigenvalue weighted by atomic mass is 14.9. The number of fused-ring (bicyclic) bond motifs is 1. The van der Waals surface area contributed by atoms with Gasteiger partial charge in [0.05, 0.1) is 0 Å². The molecule has 0 heterocycles. The van der Waals surface area contributed by atoms with Crippen LogP contribution in [0.5, 0.6) is 0 Å². The fourth-order valence-corrected chi connectivity index (χ4v) is 2.75. The summed E-state index contributed by atoms with van der Waals surface area (Å²) < 4.78 is 0. The topological polar surface area (TPSA) is 12.0 Å². The summed E-state index contributed by atoms with van der Waals surface area (Å²) in [5.74, 6) is 0. The largest absolute Gasteiger partial charge is 0.359 e. The third-order valence-electron chi connectivity index (χ3n) is 3.92. The lowest BCUT2D eigenvalue weighted by Crippen LogP contribution is -2.13. The van der Waals surface area contributed by atoms with Crippen LogP contribution in [0.4, 0.5) is 0 Å². The van der Waals surface area contributed by atoms with Gasteiger partial charge in [-0.05, 0) is 54.5 Å². The van der Waals surface area contributed by atoms with Crippen LogP contribution in [0, 0.1) is 0 Å². The Morgan fingerprint density at radius 3 is 2.76 bits per heavy atom. The SMILES string of the molecule is C=C1\C=C/C(NC2=CCCCC2)=C\C=C/c2ccccc21. The lowest BCUT2D eigenvalue weighted by Gasteiger charge is -2.15. The Morgan fingerprint density at radius 2 is 1.90 bits per heavy atom. The van der Waals surface area contributed by atoms with Crippen molar-refractivity contribution in [2.24, 2.45) is 0 Å². The highest BCUT2D eigenvalue weighted by Gasteiger charge is 2.05. The average molecular weight is 275 g/mol. The van der Waals surface area contributed by atoms with Crippen LogP contribution >= 0.6 is 0 Å². The maximum Gasteiger partial charge on any atom is 0.0381 e. The van der Waals surface area contributed by atoms with Crippen LogP contribution in [-0.4, -0.2) is 0 Å². The van der Waals surface area contributed by atoms with Gasteiger partial charge in [0.1, 0.15) is 0 Å². The molecule has 0 spiro atoms. The maximum absolute atomic E-state index is 4.19. The normalized spacial score (nSPS) is 23.5. The van der Waals surface area contributed by atoms with Crippen molar-refractivity contribution >= 4 is 11.6 Å². The fraction of sp³-hybridized carbons (Fsp3) is 0.200. The van der Waals surface area contributed by atoms with Crippen molar-refractivity contribution in [3.63, 3.8) is 0 Å². The Balaban J connectivity index is 1.85. The van der Waals surface area contributed by atoms with Gasteiger partial charge in [-0.3, -0.25) is 0 Å². The fourth-order valence-electron chi connectivity index (χ4n) is 2.75. The van der Waals surface area contributed by atoms with Gasteiger partial charge in [0, 0.05) is 11.4 Å². The maximum atomic E-state index is 4.19. The quantitative estimate of drug-likeness (QED) is 0.780. The van der Waals surface area contributed by atoms with E-state index in [2.05, 4.69) is 72.6 Å². The molecule has 3 rings (SSSR count). The van der Waals surface area contributed by atoms with Gasteiger partial charge < -0.3 is 5.32 Å². The third-order valence-corrected chi connectivity index (χ3v) is 3.92. The van der Waals surface area contributed by atoms with E-state index < -0.39 is 0 Å². The standard InChI is InChI=1S/C20H21N/c1-16-14-15-19(21-18-10-3-2-4-11-18)12-7-9-17-8-5-6-13-20(16)17/h5-10,12-15,21H,1-4,11H2/b9-7-,15-14-,19-12+. The molecule has 2 aliphatic rings. The van der Waals surface area contributed by atoms with Crippen LogP contribution in [-0.2, 0) is 0 Å². The predicted molar refractivity (Wildman–Crippen MR) is 91.4 cm³/mol. The molecule has 1 N–H and O–H groups in total. The molecule has 0 amide bonds. The molecule has 21 heavy (non-hydrogen) atoms. The molecule has 0 atom stereocenters. The summed E-state index contributed by atoms with van der Waals surface area (Å²) in [5, 5.41) is 3.54. The van der Waals surface area contributed by atoms with Crippen molar-refractivity contribution in [3.8, 4) is 0 Å². The van der Waals surface area contributed by atoms with E-state index in [4.69, 9.17) is 0 Å². The van der Waals surface area contributed by atoms with Crippen molar-refractivity contribution < 1.29 is 0 Å². The van der Waals surface area contributed by atoms with Crippen LogP contribution in [0.2, 0.25) is 0 Å². The molecule has 0 saturated heterocycles. The zero-order valence-corrected chi connectivity index (χ0v) is 12.3. The number of hydrogen-bond acceptors (Lipinski definition) is 1. The van der Waals surface area contributed by atoms with Gasteiger partial charge in [-0.15, -0.1) is 0 Å². The molecule has 106 valence electrons. The summed E-state index contributed by atoms with van der Waals surface area (Å²) in [7, 11) is 0. The number of nitrogens with one attached hydrogen (secondary N) is 1. The van der Waals surface area contributed by atoms with Crippen molar-refractivity contribution in [2.75, 3.05) is 0 Å². The van der Waals surface area contributed by atoms with Crippen LogP contribution in [0.25, 0.3) is 11.6 Å². The van der Waals surface area contributed by atoms with Crippen LogP contribution in [0.3, 0.4) is 0 Å². The van der Waals surface area contributed by atoms with Gasteiger partial charge in [-0.2, -0.15) is 0 Å².